The third kappa shape index (κ3) is 12.2. The molecular weight excluding hydrogens is 572 g/mol. The fourth-order valence-electron chi connectivity index (χ4n) is 5.00. The Morgan fingerprint density at radius 1 is 1.07 bits per heavy atom. The number of hydrogen-bond acceptors (Lipinski definition) is 3. The zero-order valence-corrected chi connectivity index (χ0v) is 29.5. The van der Waals surface area contributed by atoms with Crippen molar-refractivity contribution in [1.29, 1.82) is 0 Å². The molecule has 0 spiro atoms. The number of nitrogens with zero attached hydrogens (tertiary/aromatic N) is 1. The van der Waals surface area contributed by atoms with Crippen molar-refractivity contribution in [1.82, 2.24) is 0 Å². The summed E-state index contributed by atoms with van der Waals surface area (Å²) < 4.78 is 13.2. The van der Waals surface area contributed by atoms with Crippen molar-refractivity contribution in [2.45, 2.75) is 74.8 Å². The van der Waals surface area contributed by atoms with Gasteiger partial charge in [0, 0.05) is 17.8 Å². The van der Waals surface area contributed by atoms with E-state index in [1.807, 2.05) is 65.0 Å². The Labute approximate surface area is 277 Å². The summed E-state index contributed by atoms with van der Waals surface area (Å²) in [5.41, 5.74) is 17.9. The van der Waals surface area contributed by atoms with Gasteiger partial charge in [0.15, 0.2) is 0 Å². The number of aryl methyl sites for hydroxylation is 2. The minimum absolute atomic E-state index is 0.160. The van der Waals surface area contributed by atoms with Crippen LogP contribution >= 0.6 is 12.1 Å². The van der Waals surface area contributed by atoms with Gasteiger partial charge >= 0.3 is 0 Å². The normalized spacial score (nSPS) is 15.8. The van der Waals surface area contributed by atoms with E-state index in [1.54, 1.807) is 0 Å². The van der Waals surface area contributed by atoms with Crippen LogP contribution in [0.3, 0.4) is 0 Å². The Kier molecular flexibility index (Phi) is 18.2. The predicted octanol–water partition coefficient (Wildman–Crippen LogP) is 12.2. The molecule has 2 aromatic rings. The molecule has 4 heteroatoms. The van der Waals surface area contributed by atoms with E-state index in [9.17, 15) is 3.89 Å². The zero-order valence-electron chi connectivity index (χ0n) is 28.7. The Morgan fingerprint density at radius 3 is 2.29 bits per heavy atom. The number of benzene rings is 2. The highest BCUT2D eigenvalue weighted by Crippen LogP contribution is 2.40. The molecule has 1 aliphatic rings. The smallest absolute Gasteiger partial charge is 0.0830 e. The molecule has 0 bridgehead atoms. The van der Waals surface area contributed by atoms with Crippen molar-refractivity contribution in [2.75, 3.05) is 0 Å². The van der Waals surface area contributed by atoms with Gasteiger partial charge in [0.2, 0.25) is 0 Å². The van der Waals surface area contributed by atoms with E-state index in [1.165, 1.54) is 39.6 Å². The number of allylic oxidation sites excluding steroid dienone is 11. The number of halogens is 1. The molecule has 0 radical (unpaired) electrons. The zero-order chi connectivity index (χ0) is 33.9. The molecule has 0 heterocycles. The molecule has 1 unspecified atom stereocenters. The molecule has 2 N–H and O–H groups in total. The van der Waals surface area contributed by atoms with Gasteiger partial charge in [-0.2, -0.15) is 3.89 Å². The van der Waals surface area contributed by atoms with Crippen LogP contribution in [-0.2, 0) is 13.0 Å². The van der Waals surface area contributed by atoms with Crippen LogP contribution in [0, 0.1) is 12.8 Å². The molecular formula is C41H53FN2S. The van der Waals surface area contributed by atoms with Gasteiger partial charge in [-0.15, -0.1) is 0 Å². The third-order valence-electron chi connectivity index (χ3n) is 7.39. The molecule has 0 fully saturated rings. The van der Waals surface area contributed by atoms with E-state index >= 15 is 0 Å². The molecule has 240 valence electrons. The molecule has 0 aromatic heterocycles. The lowest BCUT2D eigenvalue weighted by atomic mass is 9.93. The number of hydrogen-bond donors (Lipinski definition) is 1. The van der Waals surface area contributed by atoms with E-state index in [0.29, 0.717) is 17.4 Å². The summed E-state index contributed by atoms with van der Waals surface area (Å²) >= 11 is 0.160. The van der Waals surface area contributed by atoms with E-state index in [2.05, 4.69) is 89.1 Å². The maximum absolute atomic E-state index is 13.2. The Balaban J connectivity index is 0.000000529. The molecule has 1 atom stereocenters. The maximum atomic E-state index is 13.2. The van der Waals surface area contributed by atoms with Crippen LogP contribution in [0.25, 0.3) is 5.57 Å². The summed E-state index contributed by atoms with van der Waals surface area (Å²) in [6, 6.07) is 16.7. The van der Waals surface area contributed by atoms with E-state index in [0.717, 1.165) is 40.8 Å². The quantitative estimate of drug-likeness (QED) is 0.153. The van der Waals surface area contributed by atoms with Gasteiger partial charge in [0.1, 0.15) is 0 Å². The van der Waals surface area contributed by atoms with Gasteiger partial charge in [0.05, 0.1) is 23.6 Å². The molecule has 45 heavy (non-hydrogen) atoms. The fraction of sp³-hybridized carbons (Fsp3) is 0.293. The summed E-state index contributed by atoms with van der Waals surface area (Å²) in [7, 11) is 0. The highest BCUT2D eigenvalue weighted by atomic mass is 32.2. The lowest BCUT2D eigenvalue weighted by Gasteiger charge is -2.11. The molecule has 3 rings (SSSR count). The monoisotopic (exact) mass is 624 g/mol. The Hall–Kier alpha value is -3.89. The topological polar surface area (TPSA) is 38.4 Å². The Morgan fingerprint density at radius 2 is 1.73 bits per heavy atom. The molecule has 1 aliphatic carbocycles. The predicted molar refractivity (Wildman–Crippen MR) is 202 cm³/mol. The van der Waals surface area contributed by atoms with E-state index in [-0.39, 0.29) is 12.1 Å². The van der Waals surface area contributed by atoms with Crippen LogP contribution in [0.1, 0.15) is 77.1 Å². The summed E-state index contributed by atoms with van der Waals surface area (Å²) in [6.07, 6.45) is 13.4. The van der Waals surface area contributed by atoms with E-state index in [4.69, 9.17) is 10.7 Å². The largest absolute Gasteiger partial charge is 0.404 e. The fourth-order valence-corrected chi connectivity index (χ4v) is 5.23. The maximum Gasteiger partial charge on any atom is 0.0830 e. The number of rotatable bonds is 11. The number of aliphatic imine (C=N–C) groups is 1. The van der Waals surface area contributed by atoms with Gasteiger partial charge in [-0.25, -0.2) is 0 Å². The average Bonchev–Trinajstić information content (AvgIpc) is 3.37. The first-order chi connectivity index (χ1) is 21.6. The van der Waals surface area contributed by atoms with E-state index < -0.39 is 0 Å². The first kappa shape index (κ1) is 39.1. The minimum Gasteiger partial charge on any atom is -0.404 e. The van der Waals surface area contributed by atoms with Crippen LogP contribution < -0.4 is 5.73 Å². The lowest BCUT2D eigenvalue weighted by Crippen LogP contribution is -1.98. The van der Waals surface area contributed by atoms with Crippen molar-refractivity contribution in [3.63, 3.8) is 0 Å². The standard InChI is InChI=1S/C25H29FN2S.C14H18.C2H6/c1-5-21-10-8-11-22(15-21)17-28-20(4)14-23(13-19(3)25(16-27)29-26)24-12-7-6-9-18(24)2;1-6-8-13-12(7-2)11(5)9-14(13)10(3)4;1-2/h6-16H,5,17,27H2,1-4H3;6-8,14H,2-3,5,9H2,1,4H3;1-2H3/b19-13+,23-14+,25-16+,28-20?;8-6-;. The van der Waals surface area contributed by atoms with Crippen LogP contribution in [0.4, 0.5) is 3.89 Å². The van der Waals surface area contributed by atoms with Gasteiger partial charge in [-0.3, -0.25) is 4.99 Å². The highest BCUT2D eigenvalue weighted by molar-refractivity contribution is 7.98. The molecule has 2 aromatic carbocycles. The van der Waals surface area contributed by atoms with Crippen LogP contribution in [0.2, 0.25) is 0 Å². The van der Waals surface area contributed by atoms with Crippen molar-refractivity contribution in [2.24, 2.45) is 16.6 Å². The van der Waals surface area contributed by atoms with Crippen molar-refractivity contribution >= 4 is 23.4 Å². The van der Waals surface area contributed by atoms with Crippen LogP contribution in [0.5, 0.6) is 0 Å². The molecule has 2 nitrogen and oxygen atoms in total. The minimum atomic E-state index is 0.160. The summed E-state index contributed by atoms with van der Waals surface area (Å²) in [5.74, 6) is 0.437. The van der Waals surface area contributed by atoms with Gasteiger partial charge < -0.3 is 5.73 Å². The summed E-state index contributed by atoms with van der Waals surface area (Å²) in [5, 5.41) is 0. The van der Waals surface area contributed by atoms with Crippen molar-refractivity contribution < 1.29 is 3.89 Å². The first-order valence-corrected chi connectivity index (χ1v) is 16.4. The van der Waals surface area contributed by atoms with Gasteiger partial charge in [0.25, 0.3) is 0 Å². The Bertz CT molecular complexity index is 1500. The van der Waals surface area contributed by atoms with Gasteiger partial charge in [-0.1, -0.05) is 119 Å². The second-order valence-electron chi connectivity index (χ2n) is 10.8. The second kappa shape index (κ2) is 21.0. The second-order valence-corrected chi connectivity index (χ2v) is 11.4. The summed E-state index contributed by atoms with van der Waals surface area (Å²) in [4.78, 5) is 5.16. The van der Waals surface area contributed by atoms with Crippen molar-refractivity contribution in [3.05, 3.63) is 160 Å². The first-order valence-electron chi connectivity index (χ1n) is 15.7. The van der Waals surface area contributed by atoms with Gasteiger partial charge in [-0.05, 0) is 104 Å². The molecule has 0 amide bonds. The van der Waals surface area contributed by atoms with Crippen molar-refractivity contribution in [3.8, 4) is 0 Å². The SMILES string of the molecule is C=CC1=C(/C=C\C)C(C(=C)C)CC1=C.CC.CCc1cccc(CN=C(C)\C=C(/C=C(C)/C(=C\N)SF)c2ccccc2C)c1. The molecule has 0 aliphatic heterocycles. The third-order valence-corrected chi connectivity index (χ3v) is 8.01. The summed E-state index contributed by atoms with van der Waals surface area (Å²) in [6.45, 7) is 28.8. The lowest BCUT2D eigenvalue weighted by molar-refractivity contribution is 0.765. The molecule has 0 saturated heterocycles. The highest BCUT2D eigenvalue weighted by Gasteiger charge is 2.25. The average molecular weight is 625 g/mol. The molecule has 0 saturated carbocycles. The van der Waals surface area contributed by atoms with Crippen LogP contribution in [0.15, 0.2) is 143 Å². The van der Waals surface area contributed by atoms with Crippen LogP contribution in [-0.4, -0.2) is 5.71 Å². The number of nitrogens with two attached hydrogens (primary N) is 1.